The molecule has 0 bridgehead atoms. The van der Waals surface area contributed by atoms with Crippen molar-refractivity contribution >= 4 is 5.78 Å². The van der Waals surface area contributed by atoms with Crippen LogP contribution in [0.5, 0.6) is 17.2 Å². The van der Waals surface area contributed by atoms with Crippen LogP contribution < -0.4 is 4.74 Å². The maximum atomic E-state index is 12.4. The number of ether oxygens (including phenoxy) is 2. The number of aromatic hydroxyl groups is 2. The van der Waals surface area contributed by atoms with Crippen molar-refractivity contribution in [2.45, 2.75) is 26.4 Å². The van der Waals surface area contributed by atoms with Crippen LogP contribution in [0.2, 0.25) is 0 Å². The Labute approximate surface area is 116 Å². The zero-order valence-electron chi connectivity index (χ0n) is 11.6. The summed E-state index contributed by atoms with van der Waals surface area (Å²) < 4.78 is 11.5. The molecule has 1 aromatic carbocycles. The van der Waals surface area contributed by atoms with E-state index in [0.717, 1.165) is 0 Å². The molecule has 0 saturated carbocycles. The fourth-order valence-corrected chi connectivity index (χ4v) is 2.87. The SMILES string of the molecule is CC1=C(C)C(=O)C2COc3cc(O)c(O)cc3C2(C)O1. The van der Waals surface area contributed by atoms with Crippen molar-refractivity contribution in [3.8, 4) is 17.2 Å². The third-order valence-corrected chi connectivity index (χ3v) is 4.26. The lowest BCUT2D eigenvalue weighted by atomic mass is 9.75. The molecule has 0 spiro atoms. The highest BCUT2D eigenvalue weighted by Crippen LogP contribution is 2.50. The van der Waals surface area contributed by atoms with E-state index < -0.39 is 11.5 Å². The number of hydrogen-bond acceptors (Lipinski definition) is 5. The summed E-state index contributed by atoms with van der Waals surface area (Å²) in [5, 5.41) is 19.3. The minimum Gasteiger partial charge on any atom is -0.504 e. The summed E-state index contributed by atoms with van der Waals surface area (Å²) in [6, 6.07) is 2.75. The molecule has 5 heteroatoms. The lowest BCUT2D eigenvalue weighted by molar-refractivity contribution is -0.141. The summed E-state index contributed by atoms with van der Waals surface area (Å²) >= 11 is 0. The molecular weight excluding hydrogens is 260 g/mol. The molecule has 1 aromatic rings. The van der Waals surface area contributed by atoms with Gasteiger partial charge < -0.3 is 19.7 Å². The predicted octanol–water partition coefficient (Wildman–Crippen LogP) is 2.21. The van der Waals surface area contributed by atoms with Gasteiger partial charge >= 0.3 is 0 Å². The number of phenols is 2. The van der Waals surface area contributed by atoms with E-state index in [9.17, 15) is 15.0 Å². The van der Waals surface area contributed by atoms with Crippen LogP contribution in [-0.2, 0) is 15.1 Å². The number of ketones is 1. The van der Waals surface area contributed by atoms with Gasteiger partial charge in [-0.1, -0.05) is 0 Å². The van der Waals surface area contributed by atoms with Crippen LogP contribution in [0.15, 0.2) is 23.5 Å². The van der Waals surface area contributed by atoms with Gasteiger partial charge in [-0.05, 0) is 26.8 Å². The molecule has 2 unspecified atom stereocenters. The quantitative estimate of drug-likeness (QED) is 0.710. The van der Waals surface area contributed by atoms with Gasteiger partial charge in [-0.15, -0.1) is 0 Å². The van der Waals surface area contributed by atoms with Gasteiger partial charge in [0, 0.05) is 17.2 Å². The Bertz CT molecular complexity index is 646. The minimum absolute atomic E-state index is 0.00513. The molecule has 106 valence electrons. The van der Waals surface area contributed by atoms with Crippen molar-refractivity contribution in [2.24, 2.45) is 5.92 Å². The Balaban J connectivity index is 2.20. The van der Waals surface area contributed by atoms with Crippen LogP contribution >= 0.6 is 0 Å². The minimum atomic E-state index is -0.889. The van der Waals surface area contributed by atoms with E-state index in [1.807, 2.05) is 6.92 Å². The van der Waals surface area contributed by atoms with Crippen molar-refractivity contribution < 1.29 is 24.5 Å². The number of carbonyl (C=O) groups excluding carboxylic acids is 1. The number of benzene rings is 1. The molecule has 0 radical (unpaired) electrons. The van der Waals surface area contributed by atoms with Gasteiger partial charge in [0.05, 0.1) is 0 Å². The van der Waals surface area contributed by atoms with Crippen molar-refractivity contribution in [1.29, 1.82) is 0 Å². The standard InChI is InChI=1S/C15H16O5/c1-7-8(2)20-15(3)9-4-11(16)12(17)5-13(9)19-6-10(15)14(7)18/h4-5,10,16-17H,6H2,1-3H3. The van der Waals surface area contributed by atoms with Gasteiger partial charge in [-0.2, -0.15) is 0 Å². The van der Waals surface area contributed by atoms with Crippen LogP contribution in [0.1, 0.15) is 26.3 Å². The van der Waals surface area contributed by atoms with Crippen LogP contribution in [0.25, 0.3) is 0 Å². The van der Waals surface area contributed by atoms with E-state index in [1.54, 1.807) is 13.8 Å². The molecule has 2 aliphatic rings. The number of rotatable bonds is 0. The molecule has 2 N–H and O–H groups in total. The van der Waals surface area contributed by atoms with Crippen LogP contribution in [0.4, 0.5) is 0 Å². The van der Waals surface area contributed by atoms with Gasteiger partial charge in [-0.3, -0.25) is 4.79 Å². The van der Waals surface area contributed by atoms with E-state index in [2.05, 4.69) is 0 Å². The Morgan fingerprint density at radius 2 is 1.90 bits per heavy atom. The van der Waals surface area contributed by atoms with Gasteiger partial charge in [0.2, 0.25) is 0 Å². The van der Waals surface area contributed by atoms with Crippen LogP contribution in [0, 0.1) is 5.92 Å². The normalized spacial score (nSPS) is 28.4. The van der Waals surface area contributed by atoms with E-state index in [0.29, 0.717) is 22.6 Å². The summed E-state index contributed by atoms with van der Waals surface area (Å²) in [5.74, 6) is 0.0380. The lowest BCUT2D eigenvalue weighted by Crippen LogP contribution is -2.49. The monoisotopic (exact) mass is 276 g/mol. The third-order valence-electron chi connectivity index (χ3n) is 4.26. The predicted molar refractivity (Wildman–Crippen MR) is 70.6 cm³/mol. The maximum absolute atomic E-state index is 12.4. The van der Waals surface area contributed by atoms with Gasteiger partial charge in [0.25, 0.3) is 0 Å². The second-order valence-electron chi connectivity index (χ2n) is 5.46. The number of allylic oxidation sites excluding steroid dienone is 2. The van der Waals surface area contributed by atoms with Crippen LogP contribution in [-0.4, -0.2) is 22.6 Å². The van der Waals surface area contributed by atoms with Crippen molar-refractivity contribution in [3.63, 3.8) is 0 Å². The molecule has 2 heterocycles. The fourth-order valence-electron chi connectivity index (χ4n) is 2.87. The van der Waals surface area contributed by atoms with Crippen molar-refractivity contribution in [2.75, 3.05) is 6.61 Å². The second kappa shape index (κ2) is 3.91. The fraction of sp³-hybridized carbons (Fsp3) is 0.400. The Hall–Kier alpha value is -2.17. The molecule has 0 aliphatic carbocycles. The second-order valence-corrected chi connectivity index (χ2v) is 5.46. The summed E-state index contributed by atoms with van der Waals surface area (Å²) in [7, 11) is 0. The average Bonchev–Trinajstić information content (AvgIpc) is 2.38. The van der Waals surface area contributed by atoms with Crippen molar-refractivity contribution in [3.05, 3.63) is 29.0 Å². The number of phenolic OH excluding ortho intramolecular Hbond substituents is 2. The summed E-state index contributed by atoms with van der Waals surface area (Å²) in [6.07, 6.45) is 0. The number of hydrogen-bond donors (Lipinski definition) is 2. The zero-order valence-corrected chi connectivity index (χ0v) is 11.6. The highest BCUT2D eigenvalue weighted by molar-refractivity contribution is 5.99. The van der Waals surface area contributed by atoms with Gasteiger partial charge in [0.15, 0.2) is 17.3 Å². The number of fused-ring (bicyclic) bond motifs is 3. The first-order chi connectivity index (χ1) is 9.34. The molecule has 2 atom stereocenters. The molecule has 20 heavy (non-hydrogen) atoms. The smallest absolute Gasteiger partial charge is 0.172 e. The van der Waals surface area contributed by atoms with Crippen molar-refractivity contribution in [1.82, 2.24) is 0 Å². The maximum Gasteiger partial charge on any atom is 0.172 e. The molecule has 3 rings (SSSR count). The lowest BCUT2D eigenvalue weighted by Gasteiger charge is -2.45. The van der Waals surface area contributed by atoms with Gasteiger partial charge in [0.1, 0.15) is 29.6 Å². The molecule has 2 aliphatic heterocycles. The third kappa shape index (κ3) is 1.52. The highest BCUT2D eigenvalue weighted by atomic mass is 16.5. The van der Waals surface area contributed by atoms with Gasteiger partial charge in [-0.25, -0.2) is 0 Å². The Kier molecular flexibility index (Phi) is 2.51. The average molecular weight is 276 g/mol. The van der Waals surface area contributed by atoms with E-state index in [1.165, 1.54) is 12.1 Å². The molecular formula is C15H16O5. The summed E-state index contributed by atoms with van der Waals surface area (Å²) in [5.41, 5.74) is 0.283. The zero-order chi connectivity index (χ0) is 14.7. The topological polar surface area (TPSA) is 76.0 Å². The summed E-state index contributed by atoms with van der Waals surface area (Å²) in [6.45, 7) is 5.49. The highest BCUT2D eigenvalue weighted by Gasteiger charge is 2.51. The molecule has 0 aromatic heterocycles. The number of Topliss-reactive ketones (excluding diaryl/α,β-unsaturated/α-hetero) is 1. The first-order valence-corrected chi connectivity index (χ1v) is 6.44. The largest absolute Gasteiger partial charge is 0.504 e. The first-order valence-electron chi connectivity index (χ1n) is 6.44. The molecule has 0 amide bonds. The van der Waals surface area contributed by atoms with E-state index in [-0.39, 0.29) is 23.9 Å². The summed E-state index contributed by atoms with van der Waals surface area (Å²) in [4.78, 5) is 12.4. The molecule has 0 saturated heterocycles. The molecule has 5 nitrogen and oxygen atoms in total. The number of carbonyl (C=O) groups is 1. The Morgan fingerprint density at radius 3 is 2.60 bits per heavy atom. The van der Waals surface area contributed by atoms with E-state index in [4.69, 9.17) is 9.47 Å². The van der Waals surface area contributed by atoms with Crippen LogP contribution in [0.3, 0.4) is 0 Å². The molecule has 0 fully saturated rings. The Morgan fingerprint density at radius 1 is 1.25 bits per heavy atom. The first kappa shape index (κ1) is 12.8. The van der Waals surface area contributed by atoms with E-state index >= 15 is 0 Å².